The molecule has 2 N–H and O–H groups in total. The Balaban J connectivity index is 1.72. The van der Waals surface area contributed by atoms with Gasteiger partial charge in [-0.1, -0.05) is 6.92 Å². The van der Waals surface area contributed by atoms with Gasteiger partial charge in [0.25, 0.3) is 5.91 Å². The molecule has 6 nitrogen and oxygen atoms in total. The molecule has 0 radical (unpaired) electrons. The summed E-state index contributed by atoms with van der Waals surface area (Å²) in [4.78, 5) is 30.4. The highest BCUT2D eigenvalue weighted by atomic mass is 16.5. The van der Waals surface area contributed by atoms with Crippen LogP contribution in [0.25, 0.3) is 0 Å². The lowest BCUT2D eigenvalue weighted by Crippen LogP contribution is -2.19. The van der Waals surface area contributed by atoms with E-state index < -0.39 is 5.97 Å². The number of nitrogens with zero attached hydrogens (tertiary/aromatic N) is 1. The second-order valence-electron chi connectivity index (χ2n) is 7.92. The minimum absolute atomic E-state index is 0.212. The molecular formula is C22H29N3O3. The summed E-state index contributed by atoms with van der Waals surface area (Å²) in [6, 6.07) is 7.89. The number of carbonyl (C=O) groups excluding carboxylic acids is 2. The van der Waals surface area contributed by atoms with E-state index in [1.54, 1.807) is 27.7 Å². The van der Waals surface area contributed by atoms with Crippen LogP contribution in [0.15, 0.2) is 24.3 Å². The lowest BCUT2D eigenvalue weighted by atomic mass is 10.1. The molecule has 1 aromatic carbocycles. The summed E-state index contributed by atoms with van der Waals surface area (Å²) in [6.45, 7) is 11.5. The monoisotopic (exact) mass is 383 g/mol. The minimum Gasteiger partial charge on any atom is -0.459 e. The molecule has 1 atom stereocenters. The number of nitrogens with one attached hydrogen (secondary N) is 2. The van der Waals surface area contributed by atoms with Crippen LogP contribution < -0.4 is 10.2 Å². The van der Waals surface area contributed by atoms with Crippen LogP contribution in [-0.2, 0) is 4.74 Å². The molecule has 1 fully saturated rings. The number of aromatic amines is 1. The quantitative estimate of drug-likeness (QED) is 0.755. The van der Waals surface area contributed by atoms with Gasteiger partial charge < -0.3 is 19.9 Å². The highest BCUT2D eigenvalue weighted by Crippen LogP contribution is 2.25. The summed E-state index contributed by atoms with van der Waals surface area (Å²) < 4.78 is 5.28. The van der Waals surface area contributed by atoms with Crippen molar-refractivity contribution in [2.45, 2.75) is 47.1 Å². The van der Waals surface area contributed by atoms with Gasteiger partial charge in [-0.05, 0) is 69.9 Å². The first kappa shape index (κ1) is 20.0. The fraction of sp³-hybridized carbons (Fsp3) is 0.455. The summed E-state index contributed by atoms with van der Waals surface area (Å²) in [7, 11) is 0. The van der Waals surface area contributed by atoms with Gasteiger partial charge in [-0.15, -0.1) is 0 Å². The Hall–Kier alpha value is -2.76. The van der Waals surface area contributed by atoms with Gasteiger partial charge in [0.15, 0.2) is 0 Å². The van der Waals surface area contributed by atoms with E-state index in [1.807, 2.05) is 24.3 Å². The normalized spacial score (nSPS) is 16.5. The molecule has 150 valence electrons. The highest BCUT2D eigenvalue weighted by molar-refractivity contribution is 6.06. The maximum Gasteiger partial charge on any atom is 0.340 e. The zero-order valence-electron chi connectivity index (χ0n) is 17.3. The van der Waals surface area contributed by atoms with E-state index >= 15 is 0 Å². The molecule has 2 heterocycles. The van der Waals surface area contributed by atoms with E-state index in [0.717, 1.165) is 24.7 Å². The van der Waals surface area contributed by atoms with Crippen LogP contribution in [0.1, 0.15) is 59.3 Å². The highest BCUT2D eigenvalue weighted by Gasteiger charge is 2.24. The molecule has 3 rings (SSSR count). The fourth-order valence-electron chi connectivity index (χ4n) is 3.67. The summed E-state index contributed by atoms with van der Waals surface area (Å²) in [6.07, 6.45) is 1.00. The molecule has 28 heavy (non-hydrogen) atoms. The zero-order valence-corrected chi connectivity index (χ0v) is 17.3. The number of rotatable bonds is 5. The van der Waals surface area contributed by atoms with E-state index in [2.05, 4.69) is 22.1 Å². The van der Waals surface area contributed by atoms with E-state index in [-0.39, 0.29) is 12.0 Å². The molecular weight excluding hydrogens is 354 g/mol. The Kier molecular flexibility index (Phi) is 5.77. The Labute approximate surface area is 166 Å². The molecule has 1 amide bonds. The van der Waals surface area contributed by atoms with Crippen molar-refractivity contribution in [3.05, 3.63) is 46.8 Å². The number of H-pyrrole nitrogens is 1. The number of hydrogen-bond acceptors (Lipinski definition) is 4. The SMILES string of the molecule is Cc1[nH]c(C(=O)Nc2ccc(N3CCC(C)C3)cc2)c(C)c1C(=O)OC(C)C. The number of hydrogen-bond donors (Lipinski definition) is 2. The Morgan fingerprint density at radius 2 is 1.89 bits per heavy atom. The summed E-state index contributed by atoms with van der Waals surface area (Å²) >= 11 is 0. The first-order chi connectivity index (χ1) is 13.3. The number of ether oxygens (including phenoxy) is 1. The average Bonchev–Trinajstić information content (AvgIpc) is 3.18. The maximum absolute atomic E-state index is 12.7. The number of aromatic nitrogens is 1. The average molecular weight is 383 g/mol. The van der Waals surface area contributed by atoms with E-state index in [4.69, 9.17) is 4.74 Å². The molecule has 1 saturated heterocycles. The third-order valence-electron chi connectivity index (χ3n) is 5.13. The molecule has 0 saturated carbocycles. The van der Waals surface area contributed by atoms with Crippen LogP contribution in [0.3, 0.4) is 0 Å². The van der Waals surface area contributed by atoms with Crippen molar-refractivity contribution in [3.63, 3.8) is 0 Å². The van der Waals surface area contributed by atoms with Gasteiger partial charge in [-0.2, -0.15) is 0 Å². The third-order valence-corrected chi connectivity index (χ3v) is 5.13. The summed E-state index contributed by atoms with van der Waals surface area (Å²) in [5.74, 6) is 0.0336. The van der Waals surface area contributed by atoms with Crippen LogP contribution >= 0.6 is 0 Å². The van der Waals surface area contributed by atoms with E-state index in [0.29, 0.717) is 22.5 Å². The Bertz CT molecular complexity index is 868. The van der Waals surface area contributed by atoms with Crippen molar-refractivity contribution in [2.24, 2.45) is 5.92 Å². The van der Waals surface area contributed by atoms with E-state index in [9.17, 15) is 9.59 Å². The Morgan fingerprint density at radius 1 is 1.21 bits per heavy atom. The lowest BCUT2D eigenvalue weighted by molar-refractivity contribution is 0.0376. The Morgan fingerprint density at radius 3 is 2.46 bits per heavy atom. The molecule has 1 aromatic heterocycles. The first-order valence-electron chi connectivity index (χ1n) is 9.82. The molecule has 0 spiro atoms. The van der Waals surface area contributed by atoms with Crippen LogP contribution in [0.4, 0.5) is 11.4 Å². The predicted octanol–water partition coefficient (Wildman–Crippen LogP) is 4.30. The number of benzene rings is 1. The maximum atomic E-state index is 12.7. The number of aryl methyl sites for hydroxylation is 1. The van der Waals surface area contributed by atoms with Gasteiger partial charge in [-0.25, -0.2) is 4.79 Å². The van der Waals surface area contributed by atoms with Crippen molar-refractivity contribution in [2.75, 3.05) is 23.3 Å². The molecule has 0 bridgehead atoms. The molecule has 1 aliphatic heterocycles. The van der Waals surface area contributed by atoms with Gasteiger partial charge in [0.2, 0.25) is 0 Å². The number of carbonyl (C=O) groups is 2. The standard InChI is InChI=1S/C22H29N3O3/c1-13(2)28-22(27)19-15(4)20(23-16(19)5)21(26)24-17-6-8-18(9-7-17)25-11-10-14(3)12-25/h6-9,13-14,23H,10-12H2,1-5H3,(H,24,26). The molecule has 2 aromatic rings. The summed E-state index contributed by atoms with van der Waals surface area (Å²) in [5.41, 5.74) is 3.94. The fourth-order valence-corrected chi connectivity index (χ4v) is 3.67. The number of anilines is 2. The van der Waals surface area contributed by atoms with Crippen LogP contribution in [0, 0.1) is 19.8 Å². The lowest BCUT2D eigenvalue weighted by Gasteiger charge is -2.18. The topological polar surface area (TPSA) is 74.4 Å². The van der Waals surface area contributed by atoms with Gasteiger partial charge >= 0.3 is 5.97 Å². The van der Waals surface area contributed by atoms with Crippen molar-refractivity contribution in [1.82, 2.24) is 4.98 Å². The minimum atomic E-state index is -0.413. The zero-order chi connectivity index (χ0) is 20.4. The number of esters is 1. The largest absolute Gasteiger partial charge is 0.459 e. The van der Waals surface area contributed by atoms with Crippen molar-refractivity contribution in [3.8, 4) is 0 Å². The van der Waals surface area contributed by atoms with Crippen LogP contribution in [0.5, 0.6) is 0 Å². The van der Waals surface area contributed by atoms with Gasteiger partial charge in [0.1, 0.15) is 5.69 Å². The third kappa shape index (κ3) is 4.21. The first-order valence-corrected chi connectivity index (χ1v) is 9.82. The van der Waals surface area contributed by atoms with Gasteiger partial charge in [0, 0.05) is 30.2 Å². The van der Waals surface area contributed by atoms with Crippen LogP contribution in [-0.4, -0.2) is 36.1 Å². The smallest absolute Gasteiger partial charge is 0.340 e. The second kappa shape index (κ2) is 8.09. The predicted molar refractivity (Wildman–Crippen MR) is 111 cm³/mol. The van der Waals surface area contributed by atoms with Gasteiger partial charge in [-0.3, -0.25) is 4.79 Å². The van der Waals surface area contributed by atoms with Gasteiger partial charge in [0.05, 0.1) is 11.7 Å². The molecule has 1 aliphatic rings. The van der Waals surface area contributed by atoms with Crippen LogP contribution in [0.2, 0.25) is 0 Å². The molecule has 1 unspecified atom stereocenters. The number of amides is 1. The van der Waals surface area contributed by atoms with E-state index in [1.165, 1.54) is 12.1 Å². The van der Waals surface area contributed by atoms with Crippen molar-refractivity contribution < 1.29 is 14.3 Å². The van der Waals surface area contributed by atoms with Crippen molar-refractivity contribution >= 4 is 23.3 Å². The molecule has 0 aliphatic carbocycles. The molecule has 6 heteroatoms. The van der Waals surface area contributed by atoms with Crippen molar-refractivity contribution in [1.29, 1.82) is 0 Å². The summed E-state index contributed by atoms with van der Waals surface area (Å²) in [5, 5.41) is 2.91. The second-order valence-corrected chi connectivity index (χ2v) is 7.92.